The van der Waals surface area contributed by atoms with E-state index in [1.54, 1.807) is 23.5 Å². The third-order valence-corrected chi connectivity index (χ3v) is 4.30. The van der Waals surface area contributed by atoms with Crippen molar-refractivity contribution in [1.82, 2.24) is 0 Å². The zero-order valence-electron chi connectivity index (χ0n) is 12.1. The molecule has 1 N–H and O–H groups in total. The van der Waals surface area contributed by atoms with Gasteiger partial charge in [-0.25, -0.2) is 4.39 Å². The van der Waals surface area contributed by atoms with Crippen molar-refractivity contribution in [3.63, 3.8) is 0 Å². The normalized spacial score (nSPS) is 15.3. The highest BCUT2D eigenvalue weighted by atomic mass is 32.1. The predicted molar refractivity (Wildman–Crippen MR) is 84.1 cm³/mol. The molecule has 4 nitrogen and oxygen atoms in total. The van der Waals surface area contributed by atoms with Crippen molar-refractivity contribution >= 4 is 17.0 Å². The lowest BCUT2D eigenvalue weighted by Gasteiger charge is -2.32. The molecule has 0 amide bonds. The van der Waals surface area contributed by atoms with Gasteiger partial charge in [-0.1, -0.05) is 12.1 Å². The van der Waals surface area contributed by atoms with Gasteiger partial charge in [0.25, 0.3) is 0 Å². The molecule has 2 aromatic rings. The molecule has 22 heavy (non-hydrogen) atoms. The van der Waals surface area contributed by atoms with Crippen LogP contribution in [-0.2, 0) is 11.3 Å². The van der Waals surface area contributed by atoms with Crippen molar-refractivity contribution < 1.29 is 19.0 Å². The zero-order chi connectivity index (χ0) is 15.4. The minimum absolute atomic E-state index is 0.221. The van der Waals surface area contributed by atoms with Gasteiger partial charge in [0, 0.05) is 11.4 Å². The molecule has 0 radical (unpaired) electrons. The van der Waals surface area contributed by atoms with Crippen LogP contribution in [0.1, 0.15) is 4.88 Å². The molecule has 0 saturated heterocycles. The molecule has 1 aromatic carbocycles. The molecule has 1 aliphatic rings. The molecule has 1 aromatic heterocycles. The summed E-state index contributed by atoms with van der Waals surface area (Å²) in [5, 5.41) is 12.1. The first-order valence-corrected chi connectivity index (χ1v) is 8.06. The third-order valence-electron chi connectivity index (χ3n) is 3.45. The van der Waals surface area contributed by atoms with Gasteiger partial charge in [-0.05, 0) is 23.6 Å². The Morgan fingerprint density at radius 3 is 3.09 bits per heavy atom. The highest BCUT2D eigenvalue weighted by Crippen LogP contribution is 2.33. The SMILES string of the molecule is OC(COCc1cccs1)CN1CCOc2cccc(F)c21. The fourth-order valence-corrected chi connectivity index (χ4v) is 3.12. The summed E-state index contributed by atoms with van der Waals surface area (Å²) in [6, 6.07) is 8.72. The first-order chi connectivity index (χ1) is 10.7. The summed E-state index contributed by atoms with van der Waals surface area (Å²) in [5.41, 5.74) is 0.422. The van der Waals surface area contributed by atoms with Gasteiger partial charge in [-0.15, -0.1) is 11.3 Å². The lowest BCUT2D eigenvalue weighted by atomic mass is 10.2. The minimum Gasteiger partial charge on any atom is -0.489 e. The van der Waals surface area contributed by atoms with Crippen LogP contribution >= 0.6 is 11.3 Å². The number of fused-ring (bicyclic) bond motifs is 1. The zero-order valence-corrected chi connectivity index (χ0v) is 12.9. The largest absolute Gasteiger partial charge is 0.489 e. The molecular weight excluding hydrogens is 305 g/mol. The fourth-order valence-electron chi connectivity index (χ4n) is 2.48. The molecular formula is C16H18FNO3S. The molecule has 0 spiro atoms. The van der Waals surface area contributed by atoms with Crippen LogP contribution in [0.2, 0.25) is 0 Å². The average molecular weight is 323 g/mol. The van der Waals surface area contributed by atoms with E-state index in [1.807, 2.05) is 22.4 Å². The number of ether oxygens (including phenoxy) is 2. The van der Waals surface area contributed by atoms with Gasteiger partial charge in [0.15, 0.2) is 0 Å². The third kappa shape index (κ3) is 3.58. The number of para-hydroxylation sites is 1. The Bertz CT molecular complexity index is 605. The van der Waals surface area contributed by atoms with E-state index in [-0.39, 0.29) is 12.4 Å². The van der Waals surface area contributed by atoms with Gasteiger partial charge in [-0.2, -0.15) is 0 Å². The van der Waals surface area contributed by atoms with Crippen LogP contribution in [0.4, 0.5) is 10.1 Å². The Morgan fingerprint density at radius 1 is 1.36 bits per heavy atom. The number of hydrogen-bond acceptors (Lipinski definition) is 5. The van der Waals surface area contributed by atoms with Crippen LogP contribution in [0.15, 0.2) is 35.7 Å². The molecule has 0 fully saturated rings. The number of nitrogens with zero attached hydrogens (tertiary/aromatic N) is 1. The Balaban J connectivity index is 1.55. The number of aliphatic hydroxyl groups excluding tert-OH is 1. The lowest BCUT2D eigenvalue weighted by Crippen LogP contribution is -2.40. The number of anilines is 1. The van der Waals surface area contributed by atoms with Crippen LogP contribution in [0.5, 0.6) is 5.75 Å². The summed E-state index contributed by atoms with van der Waals surface area (Å²) in [6.45, 7) is 2.07. The molecule has 1 aliphatic heterocycles. The van der Waals surface area contributed by atoms with Crippen LogP contribution in [0, 0.1) is 5.82 Å². The van der Waals surface area contributed by atoms with Gasteiger partial charge in [0.05, 0.1) is 25.9 Å². The van der Waals surface area contributed by atoms with Crippen LogP contribution in [-0.4, -0.2) is 37.5 Å². The standard InChI is InChI=1S/C16H18FNO3S/c17-14-4-1-5-15-16(14)18(6-7-21-15)9-12(19)10-20-11-13-3-2-8-22-13/h1-5,8,12,19H,6-7,9-11H2. The fraction of sp³-hybridized carbons (Fsp3) is 0.375. The number of thiophene rings is 1. The topological polar surface area (TPSA) is 41.9 Å². The van der Waals surface area contributed by atoms with Gasteiger partial charge >= 0.3 is 0 Å². The Kier molecular flexibility index (Phi) is 4.92. The van der Waals surface area contributed by atoms with E-state index in [0.717, 1.165) is 4.88 Å². The smallest absolute Gasteiger partial charge is 0.150 e. The van der Waals surface area contributed by atoms with Gasteiger partial charge in [0.2, 0.25) is 0 Å². The molecule has 6 heteroatoms. The Morgan fingerprint density at radius 2 is 2.27 bits per heavy atom. The minimum atomic E-state index is -0.675. The number of halogens is 1. The van der Waals surface area contributed by atoms with E-state index in [1.165, 1.54) is 6.07 Å². The highest BCUT2D eigenvalue weighted by molar-refractivity contribution is 7.09. The molecule has 0 bridgehead atoms. The van der Waals surface area contributed by atoms with E-state index in [9.17, 15) is 9.50 Å². The quantitative estimate of drug-likeness (QED) is 0.887. The molecule has 0 saturated carbocycles. The molecule has 0 aliphatic carbocycles. The van der Waals surface area contributed by atoms with Crippen LogP contribution < -0.4 is 9.64 Å². The van der Waals surface area contributed by atoms with Gasteiger partial charge < -0.3 is 19.5 Å². The second-order valence-corrected chi connectivity index (χ2v) is 6.16. The van der Waals surface area contributed by atoms with E-state index in [2.05, 4.69) is 0 Å². The van der Waals surface area contributed by atoms with E-state index in [4.69, 9.17) is 9.47 Å². The van der Waals surface area contributed by atoms with Crippen molar-refractivity contribution in [2.75, 3.05) is 31.2 Å². The maximum absolute atomic E-state index is 14.0. The first-order valence-electron chi connectivity index (χ1n) is 7.18. The monoisotopic (exact) mass is 323 g/mol. The van der Waals surface area contributed by atoms with Crippen molar-refractivity contribution in [2.45, 2.75) is 12.7 Å². The summed E-state index contributed by atoms with van der Waals surface area (Å²) in [5.74, 6) is 0.196. The Hall–Kier alpha value is -1.63. The van der Waals surface area contributed by atoms with Crippen molar-refractivity contribution in [2.24, 2.45) is 0 Å². The molecule has 2 heterocycles. The molecule has 3 rings (SSSR count). The summed E-state index contributed by atoms with van der Waals surface area (Å²) >= 11 is 1.62. The van der Waals surface area contributed by atoms with E-state index >= 15 is 0 Å². The Labute approximate surface area is 132 Å². The highest BCUT2D eigenvalue weighted by Gasteiger charge is 2.23. The van der Waals surface area contributed by atoms with Crippen molar-refractivity contribution in [1.29, 1.82) is 0 Å². The maximum Gasteiger partial charge on any atom is 0.150 e. The van der Waals surface area contributed by atoms with Gasteiger partial charge in [-0.3, -0.25) is 0 Å². The second-order valence-electron chi connectivity index (χ2n) is 5.13. The van der Waals surface area contributed by atoms with Crippen LogP contribution in [0.3, 0.4) is 0 Å². The number of rotatable bonds is 6. The molecule has 1 unspecified atom stereocenters. The first kappa shape index (κ1) is 15.3. The second kappa shape index (κ2) is 7.09. The summed E-state index contributed by atoms with van der Waals surface area (Å²) in [6.07, 6.45) is -0.675. The lowest BCUT2D eigenvalue weighted by molar-refractivity contribution is 0.0323. The molecule has 118 valence electrons. The van der Waals surface area contributed by atoms with E-state index in [0.29, 0.717) is 37.7 Å². The number of hydrogen-bond donors (Lipinski definition) is 1. The van der Waals surface area contributed by atoms with E-state index < -0.39 is 6.10 Å². The predicted octanol–water partition coefficient (Wildman–Crippen LogP) is 2.66. The van der Waals surface area contributed by atoms with Crippen LogP contribution in [0.25, 0.3) is 0 Å². The summed E-state index contributed by atoms with van der Waals surface area (Å²) < 4.78 is 24.9. The number of aliphatic hydroxyl groups is 1. The number of β-amino-alcohol motifs (C(OH)–C–C–N with tert-alkyl or cyclic N) is 1. The van der Waals surface area contributed by atoms with Crippen molar-refractivity contribution in [3.8, 4) is 5.75 Å². The summed E-state index contributed by atoms with van der Waals surface area (Å²) in [4.78, 5) is 2.93. The van der Waals surface area contributed by atoms with Crippen molar-refractivity contribution in [3.05, 3.63) is 46.4 Å². The van der Waals surface area contributed by atoms with Gasteiger partial charge in [0.1, 0.15) is 23.9 Å². The molecule has 1 atom stereocenters. The summed E-state index contributed by atoms with van der Waals surface area (Å²) in [7, 11) is 0. The average Bonchev–Trinajstić information content (AvgIpc) is 3.01. The maximum atomic E-state index is 14.0. The number of benzene rings is 1.